The molecule has 0 N–H and O–H groups in total. The Bertz CT molecular complexity index is 1030. The summed E-state index contributed by atoms with van der Waals surface area (Å²) in [5.74, 6) is 0.0153. The van der Waals surface area contributed by atoms with Gasteiger partial charge in [0.25, 0.3) is 0 Å². The van der Waals surface area contributed by atoms with Gasteiger partial charge in [-0.2, -0.15) is 0 Å². The number of ether oxygens (including phenoxy) is 3. The van der Waals surface area contributed by atoms with Gasteiger partial charge in [-0.05, 0) is 25.2 Å². The van der Waals surface area contributed by atoms with Crippen molar-refractivity contribution in [3.05, 3.63) is 0 Å². The van der Waals surface area contributed by atoms with E-state index >= 15 is 0 Å². The summed E-state index contributed by atoms with van der Waals surface area (Å²) in [6.45, 7) is 9.08. The van der Waals surface area contributed by atoms with Gasteiger partial charge in [0.05, 0.1) is 0 Å². The van der Waals surface area contributed by atoms with E-state index in [1.54, 1.807) is 0 Å². The van der Waals surface area contributed by atoms with E-state index in [0.717, 1.165) is 63.7 Å². The van der Waals surface area contributed by atoms with Gasteiger partial charge in [-0.1, -0.05) is 317 Å². The van der Waals surface area contributed by atoms with Gasteiger partial charge in [0.1, 0.15) is 13.2 Å². The first kappa shape index (κ1) is 66.4. The van der Waals surface area contributed by atoms with Crippen LogP contribution >= 0.6 is 0 Å². The van der Waals surface area contributed by atoms with Gasteiger partial charge in [0.15, 0.2) is 6.10 Å². The zero-order valence-corrected chi connectivity index (χ0v) is 46.6. The maximum atomic E-state index is 12.9. The average Bonchev–Trinajstić information content (AvgIpc) is 3.32. The van der Waals surface area contributed by atoms with Gasteiger partial charge in [-0.15, -0.1) is 0 Å². The molecule has 0 rings (SSSR count). The number of hydrogen-bond acceptors (Lipinski definition) is 6. The third kappa shape index (κ3) is 55.3. The Morgan fingerprint density at radius 1 is 0.279 bits per heavy atom. The summed E-state index contributed by atoms with van der Waals surface area (Å²) < 4.78 is 16.9. The maximum Gasteiger partial charge on any atom is 0.306 e. The molecular formula is C62H120O6. The minimum absolute atomic E-state index is 0.0613. The van der Waals surface area contributed by atoms with Crippen LogP contribution in [0.4, 0.5) is 0 Å². The number of hydrogen-bond donors (Lipinski definition) is 0. The van der Waals surface area contributed by atoms with Gasteiger partial charge in [-0.25, -0.2) is 0 Å². The highest BCUT2D eigenvalue weighted by atomic mass is 16.6. The smallest absolute Gasteiger partial charge is 0.306 e. The van der Waals surface area contributed by atoms with Crippen LogP contribution in [-0.4, -0.2) is 37.2 Å². The predicted octanol–water partition coefficient (Wildman–Crippen LogP) is 20.6. The maximum absolute atomic E-state index is 12.9. The third-order valence-corrected chi connectivity index (χ3v) is 14.3. The Hall–Kier alpha value is -1.59. The Morgan fingerprint density at radius 2 is 0.485 bits per heavy atom. The van der Waals surface area contributed by atoms with Gasteiger partial charge in [0, 0.05) is 19.3 Å². The highest BCUT2D eigenvalue weighted by Crippen LogP contribution is 2.18. The van der Waals surface area contributed by atoms with Crippen molar-refractivity contribution in [1.29, 1.82) is 0 Å². The number of rotatable bonds is 57. The summed E-state index contributed by atoms with van der Waals surface area (Å²) in [5, 5.41) is 0. The summed E-state index contributed by atoms with van der Waals surface area (Å²) in [7, 11) is 0. The Morgan fingerprint density at radius 3 is 0.721 bits per heavy atom. The second-order valence-corrected chi connectivity index (χ2v) is 21.8. The molecule has 0 saturated carbocycles. The van der Waals surface area contributed by atoms with Gasteiger partial charge in [-0.3, -0.25) is 14.4 Å². The summed E-state index contributed by atoms with van der Waals surface area (Å²) in [4.78, 5) is 38.2. The van der Waals surface area contributed by atoms with Crippen molar-refractivity contribution < 1.29 is 28.6 Å². The summed E-state index contributed by atoms with van der Waals surface area (Å²) in [5.41, 5.74) is 0. The topological polar surface area (TPSA) is 78.9 Å². The standard InChI is InChI=1S/C62H120O6/c1-5-7-9-11-13-15-17-19-21-23-25-29-33-37-41-45-49-53-60(63)66-56-59(68-62(65)55-51-47-43-39-35-31-24-22-20-18-16-14-12-10-8-6-2)57-67-61(64)54-50-46-42-38-34-30-27-26-28-32-36-40-44-48-52-58(3)4/h58-59H,5-57H2,1-4H3/t59-/m0/s1. The SMILES string of the molecule is CCCCCCCCCCCCCCCCCCCC(=O)OC[C@@H](COC(=O)CCCCCCCCCCCCCCCCC(C)C)OC(=O)CCCCCCCCCCCCCCCCCC. The van der Waals surface area contributed by atoms with Crippen molar-refractivity contribution in [3.8, 4) is 0 Å². The van der Waals surface area contributed by atoms with Crippen LogP contribution in [0.2, 0.25) is 0 Å². The Labute approximate surface area is 425 Å². The molecular weight excluding hydrogens is 841 g/mol. The predicted molar refractivity (Wildman–Crippen MR) is 293 cm³/mol. The van der Waals surface area contributed by atoms with Crippen LogP contribution in [0.25, 0.3) is 0 Å². The molecule has 6 nitrogen and oxygen atoms in total. The van der Waals surface area contributed by atoms with E-state index < -0.39 is 6.10 Å². The summed E-state index contributed by atoms with van der Waals surface area (Å²) >= 11 is 0. The largest absolute Gasteiger partial charge is 0.462 e. The first-order valence-corrected chi connectivity index (χ1v) is 30.9. The van der Waals surface area contributed by atoms with Crippen molar-refractivity contribution in [2.45, 2.75) is 361 Å². The van der Waals surface area contributed by atoms with Crippen molar-refractivity contribution in [3.63, 3.8) is 0 Å². The molecule has 0 saturated heterocycles. The lowest BCUT2D eigenvalue weighted by Gasteiger charge is -2.18. The van der Waals surface area contributed by atoms with Crippen LogP contribution in [0.5, 0.6) is 0 Å². The highest BCUT2D eigenvalue weighted by molar-refractivity contribution is 5.71. The number of carbonyl (C=O) groups is 3. The van der Waals surface area contributed by atoms with Crippen LogP contribution in [0.15, 0.2) is 0 Å². The van der Waals surface area contributed by atoms with Gasteiger partial charge in [0.2, 0.25) is 0 Å². The van der Waals surface area contributed by atoms with Crippen molar-refractivity contribution in [2.24, 2.45) is 5.92 Å². The molecule has 0 aromatic rings. The molecule has 1 atom stereocenters. The lowest BCUT2D eigenvalue weighted by molar-refractivity contribution is -0.167. The Kier molecular flexibility index (Phi) is 55.0. The first-order chi connectivity index (χ1) is 33.4. The van der Waals surface area contributed by atoms with E-state index in [1.807, 2.05) is 0 Å². The van der Waals surface area contributed by atoms with Crippen molar-refractivity contribution in [2.75, 3.05) is 13.2 Å². The van der Waals surface area contributed by atoms with Crippen molar-refractivity contribution in [1.82, 2.24) is 0 Å². The quantitative estimate of drug-likeness (QED) is 0.0343. The van der Waals surface area contributed by atoms with E-state index in [1.165, 1.54) is 250 Å². The molecule has 6 heteroatoms. The third-order valence-electron chi connectivity index (χ3n) is 14.3. The number of carbonyl (C=O) groups excluding carboxylic acids is 3. The molecule has 0 unspecified atom stereocenters. The second kappa shape index (κ2) is 56.3. The van der Waals surface area contributed by atoms with Gasteiger partial charge >= 0.3 is 17.9 Å². The molecule has 0 aliphatic carbocycles. The molecule has 0 heterocycles. The fraction of sp³-hybridized carbons (Fsp3) is 0.952. The summed E-state index contributed by atoms with van der Waals surface area (Å²) in [6, 6.07) is 0. The minimum atomic E-state index is -0.762. The van der Waals surface area contributed by atoms with Crippen LogP contribution in [0.1, 0.15) is 355 Å². The average molecular weight is 962 g/mol. The molecule has 0 aliphatic heterocycles. The molecule has 0 amide bonds. The van der Waals surface area contributed by atoms with E-state index in [4.69, 9.17) is 14.2 Å². The van der Waals surface area contributed by atoms with Crippen LogP contribution < -0.4 is 0 Å². The zero-order chi connectivity index (χ0) is 49.5. The molecule has 404 valence electrons. The van der Waals surface area contributed by atoms with E-state index in [-0.39, 0.29) is 31.1 Å². The minimum Gasteiger partial charge on any atom is -0.462 e. The van der Waals surface area contributed by atoms with Gasteiger partial charge < -0.3 is 14.2 Å². The van der Waals surface area contributed by atoms with Crippen LogP contribution in [-0.2, 0) is 28.6 Å². The number of unbranched alkanes of at least 4 members (excludes halogenated alkanes) is 44. The molecule has 0 bridgehead atoms. The second-order valence-electron chi connectivity index (χ2n) is 21.8. The first-order valence-electron chi connectivity index (χ1n) is 30.9. The summed E-state index contributed by atoms with van der Waals surface area (Å²) in [6.07, 6.45) is 62.4. The Balaban J connectivity index is 4.29. The van der Waals surface area contributed by atoms with Crippen LogP contribution in [0, 0.1) is 5.92 Å². The van der Waals surface area contributed by atoms with E-state index in [2.05, 4.69) is 27.7 Å². The van der Waals surface area contributed by atoms with E-state index in [0.29, 0.717) is 19.3 Å². The fourth-order valence-electron chi connectivity index (χ4n) is 9.63. The molecule has 0 fully saturated rings. The van der Waals surface area contributed by atoms with E-state index in [9.17, 15) is 14.4 Å². The molecule has 0 radical (unpaired) electrons. The highest BCUT2D eigenvalue weighted by Gasteiger charge is 2.19. The zero-order valence-electron chi connectivity index (χ0n) is 46.6. The monoisotopic (exact) mass is 961 g/mol. The lowest BCUT2D eigenvalue weighted by Crippen LogP contribution is -2.30. The number of esters is 3. The van der Waals surface area contributed by atoms with Crippen molar-refractivity contribution >= 4 is 17.9 Å². The molecule has 0 aromatic carbocycles. The fourth-order valence-corrected chi connectivity index (χ4v) is 9.63. The molecule has 0 spiro atoms. The normalized spacial score (nSPS) is 12.0. The molecule has 68 heavy (non-hydrogen) atoms. The lowest BCUT2D eigenvalue weighted by atomic mass is 10.0. The molecule has 0 aliphatic rings. The molecule has 0 aromatic heterocycles. The van der Waals surface area contributed by atoms with Crippen LogP contribution in [0.3, 0.4) is 0 Å².